The second kappa shape index (κ2) is 6.62. The zero-order valence-electron chi connectivity index (χ0n) is 11.0. The van der Waals surface area contributed by atoms with Crippen LogP contribution in [0.25, 0.3) is 0 Å². The first kappa shape index (κ1) is 16.0. The molecule has 2 aromatic rings. The number of hydrogen-bond acceptors (Lipinski definition) is 3. The number of halogens is 4. The van der Waals surface area contributed by atoms with Crippen molar-refractivity contribution in [2.24, 2.45) is 5.10 Å². The average Bonchev–Trinajstić information content (AvgIpc) is 2.79. The number of nitrogens with one attached hydrogen (secondary N) is 1. The molecule has 0 spiro atoms. The van der Waals surface area contributed by atoms with Crippen LogP contribution in [0.1, 0.15) is 22.2 Å². The van der Waals surface area contributed by atoms with Gasteiger partial charge >= 0.3 is 6.18 Å². The molecule has 1 aromatic heterocycles. The summed E-state index contributed by atoms with van der Waals surface area (Å²) in [5.41, 5.74) is 2.54. The number of thiophene rings is 1. The van der Waals surface area contributed by atoms with Crippen LogP contribution in [0, 0.1) is 0 Å². The van der Waals surface area contributed by atoms with Crippen molar-refractivity contribution in [2.45, 2.75) is 19.5 Å². The summed E-state index contributed by atoms with van der Waals surface area (Å²) >= 11 is 5.08. The van der Waals surface area contributed by atoms with Gasteiger partial charge in [0.2, 0.25) is 0 Å². The zero-order chi connectivity index (χ0) is 15.5. The van der Waals surface area contributed by atoms with Gasteiger partial charge in [0.1, 0.15) is 0 Å². The van der Waals surface area contributed by atoms with Crippen LogP contribution in [0.2, 0.25) is 0 Å². The topological polar surface area (TPSA) is 24.4 Å². The predicted molar refractivity (Wildman–Crippen MR) is 84.1 cm³/mol. The Morgan fingerprint density at radius 1 is 1.29 bits per heavy atom. The highest BCUT2D eigenvalue weighted by Gasteiger charge is 2.29. The third kappa shape index (κ3) is 4.31. The standard InChI is InChI=1S/C14H12BrF3N2S/c1-2-13-12(15)7-11(21-13)8-19-20-10-5-3-9(4-6-10)14(16,17)18/h3-8,20H,2H2,1H3/b19-8-. The Morgan fingerprint density at radius 3 is 2.48 bits per heavy atom. The maximum Gasteiger partial charge on any atom is 0.416 e. The molecule has 0 radical (unpaired) electrons. The van der Waals surface area contributed by atoms with Crippen LogP contribution in [0.3, 0.4) is 0 Å². The van der Waals surface area contributed by atoms with Gasteiger partial charge in [-0.2, -0.15) is 18.3 Å². The maximum absolute atomic E-state index is 12.4. The smallest absolute Gasteiger partial charge is 0.278 e. The molecule has 0 unspecified atom stereocenters. The maximum atomic E-state index is 12.4. The van der Waals surface area contributed by atoms with E-state index in [0.29, 0.717) is 5.69 Å². The summed E-state index contributed by atoms with van der Waals surface area (Å²) in [6, 6.07) is 6.70. The van der Waals surface area contributed by atoms with E-state index in [0.717, 1.165) is 27.9 Å². The molecule has 0 atom stereocenters. The average molecular weight is 377 g/mol. The molecular formula is C14H12BrF3N2S. The van der Waals surface area contributed by atoms with E-state index in [1.807, 2.05) is 6.07 Å². The van der Waals surface area contributed by atoms with Crippen molar-refractivity contribution in [2.75, 3.05) is 5.43 Å². The highest BCUT2D eigenvalue weighted by atomic mass is 79.9. The first-order valence-electron chi connectivity index (χ1n) is 6.14. The Labute approximate surface area is 132 Å². The van der Waals surface area contributed by atoms with Gasteiger partial charge in [0.15, 0.2) is 0 Å². The second-order valence-electron chi connectivity index (χ2n) is 4.22. The fourth-order valence-electron chi connectivity index (χ4n) is 1.63. The van der Waals surface area contributed by atoms with Crippen molar-refractivity contribution in [1.29, 1.82) is 0 Å². The van der Waals surface area contributed by atoms with Gasteiger partial charge in [-0.1, -0.05) is 6.92 Å². The molecule has 0 fully saturated rings. The van der Waals surface area contributed by atoms with E-state index in [2.05, 4.69) is 33.4 Å². The predicted octanol–water partition coefficient (Wildman–Crippen LogP) is 5.54. The lowest BCUT2D eigenvalue weighted by Gasteiger charge is -2.06. The van der Waals surface area contributed by atoms with Crippen molar-refractivity contribution in [1.82, 2.24) is 0 Å². The summed E-state index contributed by atoms with van der Waals surface area (Å²) in [5.74, 6) is 0. The van der Waals surface area contributed by atoms with Gasteiger partial charge < -0.3 is 0 Å². The number of nitrogens with zero attached hydrogens (tertiary/aromatic N) is 1. The quantitative estimate of drug-likeness (QED) is 0.549. The van der Waals surface area contributed by atoms with Gasteiger partial charge in [0.05, 0.1) is 17.5 Å². The van der Waals surface area contributed by atoms with Crippen molar-refractivity contribution in [3.05, 3.63) is 50.1 Å². The van der Waals surface area contributed by atoms with Crippen molar-refractivity contribution in [3.8, 4) is 0 Å². The van der Waals surface area contributed by atoms with Gasteiger partial charge in [-0.3, -0.25) is 5.43 Å². The van der Waals surface area contributed by atoms with Gasteiger partial charge in [0.25, 0.3) is 0 Å². The lowest BCUT2D eigenvalue weighted by atomic mass is 10.2. The monoisotopic (exact) mass is 376 g/mol. The molecule has 0 bridgehead atoms. The molecule has 0 aliphatic rings. The first-order chi connectivity index (χ1) is 9.90. The summed E-state index contributed by atoms with van der Waals surface area (Å²) in [4.78, 5) is 2.20. The second-order valence-corrected chi connectivity index (χ2v) is 6.24. The minimum atomic E-state index is -4.32. The fraction of sp³-hybridized carbons (Fsp3) is 0.214. The molecule has 2 rings (SSSR count). The van der Waals surface area contributed by atoms with Gasteiger partial charge in [-0.15, -0.1) is 11.3 Å². The highest BCUT2D eigenvalue weighted by Crippen LogP contribution is 2.30. The van der Waals surface area contributed by atoms with Crippen molar-refractivity contribution in [3.63, 3.8) is 0 Å². The Hall–Kier alpha value is -1.34. The third-order valence-electron chi connectivity index (χ3n) is 2.70. The van der Waals surface area contributed by atoms with E-state index in [4.69, 9.17) is 0 Å². The number of rotatable bonds is 4. The number of alkyl halides is 3. The van der Waals surface area contributed by atoms with Gasteiger partial charge in [-0.05, 0) is 52.7 Å². The number of aryl methyl sites for hydroxylation is 1. The van der Waals surface area contributed by atoms with Crippen molar-refractivity contribution < 1.29 is 13.2 Å². The Kier molecular flexibility index (Phi) is 5.05. The summed E-state index contributed by atoms with van der Waals surface area (Å²) in [5, 5.41) is 4.03. The minimum absolute atomic E-state index is 0.505. The van der Waals surface area contributed by atoms with Crippen LogP contribution in [-0.4, -0.2) is 6.21 Å². The summed E-state index contributed by atoms with van der Waals surface area (Å²) in [6.07, 6.45) is -1.74. The molecule has 0 amide bonds. The normalized spacial score (nSPS) is 12.0. The van der Waals surface area contributed by atoms with Crippen LogP contribution < -0.4 is 5.43 Å². The van der Waals surface area contributed by atoms with Crippen molar-refractivity contribution >= 4 is 39.2 Å². The van der Waals surface area contributed by atoms with E-state index >= 15 is 0 Å². The summed E-state index contributed by atoms with van der Waals surface area (Å²) < 4.78 is 38.3. The molecule has 0 saturated carbocycles. The molecule has 7 heteroatoms. The molecule has 21 heavy (non-hydrogen) atoms. The molecule has 0 aliphatic carbocycles. The van der Waals surface area contributed by atoms with Crippen LogP contribution >= 0.6 is 27.3 Å². The van der Waals surface area contributed by atoms with E-state index in [9.17, 15) is 13.2 Å². The van der Waals surface area contributed by atoms with Crippen LogP contribution in [0.4, 0.5) is 18.9 Å². The van der Waals surface area contributed by atoms with Crippen LogP contribution in [-0.2, 0) is 12.6 Å². The molecular weight excluding hydrogens is 365 g/mol. The number of hydrazone groups is 1. The number of benzene rings is 1. The molecule has 1 aromatic carbocycles. The molecule has 112 valence electrons. The van der Waals surface area contributed by atoms with Gasteiger partial charge in [0, 0.05) is 14.2 Å². The van der Waals surface area contributed by atoms with Gasteiger partial charge in [-0.25, -0.2) is 0 Å². The fourth-order valence-corrected chi connectivity index (χ4v) is 3.42. The Bertz CT molecular complexity index is 633. The van der Waals surface area contributed by atoms with E-state index in [1.54, 1.807) is 17.6 Å². The van der Waals surface area contributed by atoms with E-state index < -0.39 is 11.7 Å². The molecule has 2 nitrogen and oxygen atoms in total. The number of hydrogen-bond donors (Lipinski definition) is 1. The van der Waals surface area contributed by atoms with E-state index in [1.165, 1.54) is 17.0 Å². The minimum Gasteiger partial charge on any atom is -0.278 e. The van der Waals surface area contributed by atoms with E-state index in [-0.39, 0.29) is 0 Å². The molecule has 0 saturated heterocycles. The molecule has 0 aliphatic heterocycles. The number of anilines is 1. The Balaban J connectivity index is 2.00. The highest BCUT2D eigenvalue weighted by molar-refractivity contribution is 9.10. The SMILES string of the molecule is CCc1sc(/C=N\Nc2ccc(C(F)(F)F)cc2)cc1Br. The van der Waals surface area contributed by atoms with Crippen LogP contribution in [0.5, 0.6) is 0 Å². The summed E-state index contributed by atoms with van der Waals surface area (Å²) in [7, 11) is 0. The zero-order valence-corrected chi connectivity index (χ0v) is 13.4. The summed E-state index contributed by atoms with van der Waals surface area (Å²) in [6.45, 7) is 2.07. The molecule has 1 N–H and O–H groups in total. The third-order valence-corrected chi connectivity index (χ3v) is 4.88. The lowest BCUT2D eigenvalue weighted by Crippen LogP contribution is -2.04. The molecule has 1 heterocycles. The largest absolute Gasteiger partial charge is 0.416 e. The first-order valence-corrected chi connectivity index (χ1v) is 7.75. The Morgan fingerprint density at radius 2 is 1.95 bits per heavy atom. The lowest BCUT2D eigenvalue weighted by molar-refractivity contribution is -0.137. The van der Waals surface area contributed by atoms with Crippen LogP contribution in [0.15, 0.2) is 39.9 Å².